The van der Waals surface area contributed by atoms with Crippen LogP contribution in [0.4, 0.5) is 0 Å². The summed E-state index contributed by atoms with van der Waals surface area (Å²) in [6, 6.07) is 5.21. The summed E-state index contributed by atoms with van der Waals surface area (Å²) in [6.45, 7) is 4.49. The van der Waals surface area contributed by atoms with Crippen molar-refractivity contribution in [1.29, 1.82) is 0 Å². The molecule has 0 aliphatic heterocycles. The molecule has 0 fully saturated rings. The quantitative estimate of drug-likeness (QED) is 0.875. The van der Waals surface area contributed by atoms with E-state index in [0.29, 0.717) is 23.8 Å². The number of nitrogens with one attached hydrogen (secondary N) is 1. The number of carbonyl (C=O) groups excluding carboxylic acids is 1. The molecule has 0 aromatic heterocycles. The molecule has 1 amide bonds. The topological polar surface area (TPSA) is 64.3 Å². The third-order valence-electron chi connectivity index (χ3n) is 2.79. The average Bonchev–Trinajstić information content (AvgIpc) is 2.35. The molecule has 18 heavy (non-hydrogen) atoms. The minimum atomic E-state index is -0.123. The first kappa shape index (κ1) is 15.0. The molecular weight excluding hydrogens is 296 g/mol. The van der Waals surface area contributed by atoms with Crippen molar-refractivity contribution in [1.82, 2.24) is 5.32 Å². The summed E-state index contributed by atoms with van der Waals surface area (Å²) in [6.07, 6.45) is 0. The zero-order valence-electron chi connectivity index (χ0n) is 10.9. The van der Waals surface area contributed by atoms with Crippen LogP contribution in [0.3, 0.4) is 0 Å². The van der Waals surface area contributed by atoms with E-state index >= 15 is 0 Å². The van der Waals surface area contributed by atoms with Crippen molar-refractivity contribution in [3.63, 3.8) is 0 Å². The molecule has 0 aliphatic rings. The highest BCUT2D eigenvalue weighted by Crippen LogP contribution is 2.25. The summed E-state index contributed by atoms with van der Waals surface area (Å²) < 4.78 is 5.88. The molecule has 0 saturated heterocycles. The Bertz CT molecular complexity index is 421. The van der Waals surface area contributed by atoms with Gasteiger partial charge in [-0.25, -0.2) is 0 Å². The first-order chi connectivity index (χ1) is 8.49. The fourth-order valence-electron chi connectivity index (χ4n) is 1.56. The summed E-state index contributed by atoms with van der Waals surface area (Å²) in [5.41, 5.74) is 6.22. The van der Waals surface area contributed by atoms with Crippen LogP contribution in [-0.4, -0.2) is 25.6 Å². The molecule has 1 rings (SSSR count). The van der Waals surface area contributed by atoms with Crippen molar-refractivity contribution in [3.05, 3.63) is 28.2 Å². The van der Waals surface area contributed by atoms with E-state index in [9.17, 15) is 4.79 Å². The number of amides is 1. The maximum atomic E-state index is 12.0. The predicted molar refractivity (Wildman–Crippen MR) is 75.8 cm³/mol. The van der Waals surface area contributed by atoms with Gasteiger partial charge in [0, 0.05) is 18.2 Å². The first-order valence-corrected chi connectivity index (χ1v) is 6.63. The van der Waals surface area contributed by atoms with E-state index in [4.69, 9.17) is 10.5 Å². The molecule has 4 nitrogen and oxygen atoms in total. The lowest BCUT2D eigenvalue weighted by atomic mass is 10.0. The molecule has 5 heteroatoms. The van der Waals surface area contributed by atoms with Gasteiger partial charge in [-0.3, -0.25) is 4.79 Å². The van der Waals surface area contributed by atoms with Crippen LogP contribution in [0.15, 0.2) is 22.7 Å². The van der Waals surface area contributed by atoms with E-state index in [2.05, 4.69) is 21.2 Å². The molecule has 1 atom stereocenters. The maximum absolute atomic E-state index is 12.0. The molecule has 100 valence electrons. The number of hydrogen-bond donors (Lipinski definition) is 2. The largest absolute Gasteiger partial charge is 0.496 e. The minimum absolute atomic E-state index is 0.0154. The van der Waals surface area contributed by atoms with Crippen LogP contribution in [0.1, 0.15) is 24.2 Å². The lowest BCUT2D eigenvalue weighted by Crippen LogP contribution is -2.43. The Hall–Kier alpha value is -1.07. The van der Waals surface area contributed by atoms with Gasteiger partial charge in [0.1, 0.15) is 5.75 Å². The van der Waals surface area contributed by atoms with Gasteiger partial charge in [-0.1, -0.05) is 13.8 Å². The normalized spacial score (nSPS) is 12.3. The van der Waals surface area contributed by atoms with Gasteiger partial charge >= 0.3 is 0 Å². The molecule has 0 aliphatic carbocycles. The van der Waals surface area contributed by atoms with Crippen molar-refractivity contribution < 1.29 is 9.53 Å². The molecule has 0 bridgehead atoms. The second kappa shape index (κ2) is 6.75. The zero-order chi connectivity index (χ0) is 13.7. The van der Waals surface area contributed by atoms with Gasteiger partial charge in [-0.2, -0.15) is 0 Å². The minimum Gasteiger partial charge on any atom is -0.496 e. The third-order valence-corrected chi connectivity index (χ3v) is 3.41. The Labute approximate surface area is 116 Å². The van der Waals surface area contributed by atoms with Gasteiger partial charge in [0.25, 0.3) is 5.91 Å². The first-order valence-electron chi connectivity index (χ1n) is 5.84. The molecule has 0 saturated carbocycles. The van der Waals surface area contributed by atoms with E-state index in [-0.39, 0.29) is 11.9 Å². The molecule has 0 heterocycles. The van der Waals surface area contributed by atoms with Crippen molar-refractivity contribution in [2.45, 2.75) is 19.9 Å². The van der Waals surface area contributed by atoms with Crippen molar-refractivity contribution in [2.24, 2.45) is 11.7 Å². The molecule has 1 aromatic carbocycles. The maximum Gasteiger partial charge on any atom is 0.251 e. The Morgan fingerprint density at radius 1 is 1.50 bits per heavy atom. The lowest BCUT2D eigenvalue weighted by Gasteiger charge is -2.20. The second-order valence-electron chi connectivity index (χ2n) is 4.41. The third kappa shape index (κ3) is 3.71. The summed E-state index contributed by atoms with van der Waals surface area (Å²) in [7, 11) is 1.59. The summed E-state index contributed by atoms with van der Waals surface area (Å²) >= 11 is 3.36. The Balaban J connectivity index is 2.81. The van der Waals surface area contributed by atoms with Crippen molar-refractivity contribution in [3.8, 4) is 5.75 Å². The Kier molecular flexibility index (Phi) is 5.62. The number of ether oxygens (including phenoxy) is 1. The summed E-state index contributed by atoms with van der Waals surface area (Å²) in [4.78, 5) is 12.0. The highest BCUT2D eigenvalue weighted by molar-refractivity contribution is 9.10. The van der Waals surface area contributed by atoms with Crippen LogP contribution in [0.2, 0.25) is 0 Å². The highest BCUT2D eigenvalue weighted by Gasteiger charge is 2.16. The lowest BCUT2D eigenvalue weighted by molar-refractivity contribution is 0.0927. The molecule has 0 spiro atoms. The fourth-order valence-corrected chi connectivity index (χ4v) is 2.10. The Morgan fingerprint density at radius 2 is 2.17 bits per heavy atom. The zero-order valence-corrected chi connectivity index (χ0v) is 12.5. The second-order valence-corrected chi connectivity index (χ2v) is 5.26. The number of benzene rings is 1. The van der Waals surface area contributed by atoms with Crippen LogP contribution >= 0.6 is 15.9 Å². The van der Waals surface area contributed by atoms with Crippen LogP contribution in [0, 0.1) is 5.92 Å². The average molecular weight is 315 g/mol. The number of nitrogens with two attached hydrogens (primary N) is 1. The van der Waals surface area contributed by atoms with Crippen molar-refractivity contribution >= 4 is 21.8 Å². The van der Waals surface area contributed by atoms with Gasteiger partial charge in [-0.05, 0) is 40.0 Å². The summed E-state index contributed by atoms with van der Waals surface area (Å²) in [5.74, 6) is 0.883. The molecule has 1 unspecified atom stereocenters. The van der Waals surface area contributed by atoms with Crippen molar-refractivity contribution in [2.75, 3.05) is 13.7 Å². The number of halogens is 1. The van der Waals surface area contributed by atoms with Gasteiger partial charge in [0.2, 0.25) is 0 Å². The van der Waals surface area contributed by atoms with Crippen LogP contribution < -0.4 is 15.8 Å². The van der Waals surface area contributed by atoms with E-state index in [1.807, 2.05) is 13.8 Å². The number of rotatable bonds is 5. The molecule has 3 N–H and O–H groups in total. The van der Waals surface area contributed by atoms with E-state index in [1.165, 1.54) is 0 Å². The van der Waals surface area contributed by atoms with E-state index < -0.39 is 0 Å². The van der Waals surface area contributed by atoms with Crippen LogP contribution in [-0.2, 0) is 0 Å². The smallest absolute Gasteiger partial charge is 0.251 e. The standard InChI is InChI=1S/C13H19BrN2O2/c1-8(2)11(7-15)16-13(17)9-4-5-12(18-3)10(14)6-9/h4-6,8,11H,7,15H2,1-3H3,(H,16,17). The van der Waals surface area contributed by atoms with Gasteiger partial charge in [0.05, 0.1) is 11.6 Å². The fraction of sp³-hybridized carbons (Fsp3) is 0.462. The summed E-state index contributed by atoms with van der Waals surface area (Å²) in [5, 5.41) is 2.92. The number of methoxy groups -OCH3 is 1. The molecule has 1 aromatic rings. The predicted octanol–water partition coefficient (Wildman–Crippen LogP) is 2.17. The van der Waals surface area contributed by atoms with Gasteiger partial charge in [-0.15, -0.1) is 0 Å². The van der Waals surface area contributed by atoms with E-state index in [1.54, 1.807) is 25.3 Å². The van der Waals surface area contributed by atoms with Crippen LogP contribution in [0.5, 0.6) is 5.75 Å². The molecular formula is C13H19BrN2O2. The Morgan fingerprint density at radius 3 is 2.61 bits per heavy atom. The molecule has 0 radical (unpaired) electrons. The number of hydrogen-bond acceptors (Lipinski definition) is 3. The van der Waals surface area contributed by atoms with Gasteiger partial charge < -0.3 is 15.8 Å². The monoisotopic (exact) mass is 314 g/mol. The highest BCUT2D eigenvalue weighted by atomic mass is 79.9. The van der Waals surface area contributed by atoms with E-state index in [0.717, 1.165) is 4.47 Å². The van der Waals surface area contributed by atoms with Gasteiger partial charge in [0.15, 0.2) is 0 Å². The SMILES string of the molecule is COc1ccc(C(=O)NC(CN)C(C)C)cc1Br. The number of carbonyl (C=O) groups is 1. The van der Waals surface area contributed by atoms with Crippen LogP contribution in [0.25, 0.3) is 0 Å².